The van der Waals surface area contributed by atoms with Crippen LogP contribution in [-0.2, 0) is 9.53 Å². The summed E-state index contributed by atoms with van der Waals surface area (Å²) in [5.41, 5.74) is 1.46. The zero-order chi connectivity index (χ0) is 21.5. The number of nitrogens with one attached hydrogen (secondary N) is 2. The second-order valence-corrected chi connectivity index (χ2v) is 7.55. The van der Waals surface area contributed by atoms with Gasteiger partial charge in [0.05, 0.1) is 17.4 Å². The summed E-state index contributed by atoms with van der Waals surface area (Å²) >= 11 is 1.09. The van der Waals surface area contributed by atoms with Gasteiger partial charge in [-0.2, -0.15) is 0 Å². The van der Waals surface area contributed by atoms with Crippen LogP contribution in [0.15, 0.2) is 64.5 Å². The van der Waals surface area contributed by atoms with Crippen LogP contribution < -0.4 is 10.9 Å². The quantitative estimate of drug-likeness (QED) is 0.442. The van der Waals surface area contributed by atoms with Crippen molar-refractivity contribution in [1.82, 2.24) is 15.2 Å². The van der Waals surface area contributed by atoms with Crippen LogP contribution in [0.1, 0.15) is 24.2 Å². The molecule has 9 heteroatoms. The van der Waals surface area contributed by atoms with Gasteiger partial charge in [-0.1, -0.05) is 42.1 Å². The van der Waals surface area contributed by atoms with Gasteiger partial charge in [-0.15, -0.1) is 10.2 Å². The van der Waals surface area contributed by atoms with E-state index in [-0.39, 0.29) is 22.3 Å². The van der Waals surface area contributed by atoms with Crippen molar-refractivity contribution >= 4 is 29.3 Å². The number of amides is 1. The molecule has 154 valence electrons. The number of nitrogens with zero attached hydrogens (tertiary/aromatic N) is 2. The van der Waals surface area contributed by atoms with Crippen LogP contribution in [0, 0.1) is 0 Å². The van der Waals surface area contributed by atoms with Gasteiger partial charge < -0.3 is 10.1 Å². The number of aromatic amines is 1. The number of anilines is 1. The van der Waals surface area contributed by atoms with E-state index >= 15 is 0 Å². The Labute approximate surface area is 177 Å². The van der Waals surface area contributed by atoms with Gasteiger partial charge in [0.2, 0.25) is 5.91 Å². The summed E-state index contributed by atoms with van der Waals surface area (Å²) in [6.07, 6.45) is 0. The maximum absolute atomic E-state index is 12.4. The van der Waals surface area contributed by atoms with E-state index in [1.807, 2.05) is 18.2 Å². The van der Waals surface area contributed by atoms with Gasteiger partial charge in [0.15, 0.2) is 10.9 Å². The van der Waals surface area contributed by atoms with Crippen molar-refractivity contribution in [1.29, 1.82) is 0 Å². The van der Waals surface area contributed by atoms with Gasteiger partial charge in [-0.05, 0) is 38.1 Å². The van der Waals surface area contributed by atoms with Crippen LogP contribution in [0.3, 0.4) is 0 Å². The first-order valence-corrected chi connectivity index (χ1v) is 10.1. The van der Waals surface area contributed by atoms with E-state index in [2.05, 4.69) is 20.5 Å². The van der Waals surface area contributed by atoms with Crippen LogP contribution in [0.4, 0.5) is 5.69 Å². The number of rotatable bonds is 7. The third kappa shape index (κ3) is 5.32. The van der Waals surface area contributed by atoms with Crippen molar-refractivity contribution in [2.45, 2.75) is 24.3 Å². The Morgan fingerprint density at radius 1 is 1.10 bits per heavy atom. The van der Waals surface area contributed by atoms with Crippen LogP contribution >= 0.6 is 11.8 Å². The zero-order valence-corrected chi connectivity index (χ0v) is 17.2. The number of hydrogen-bond acceptors (Lipinski definition) is 7. The number of benzene rings is 2. The minimum absolute atomic E-state index is 0.221. The summed E-state index contributed by atoms with van der Waals surface area (Å²) < 4.78 is 4.93. The topological polar surface area (TPSA) is 114 Å². The molecule has 2 N–H and O–H groups in total. The van der Waals surface area contributed by atoms with Crippen molar-refractivity contribution in [2.24, 2.45) is 0 Å². The number of esters is 1. The average molecular weight is 424 g/mol. The monoisotopic (exact) mass is 424 g/mol. The molecule has 0 aliphatic heterocycles. The molecule has 0 bridgehead atoms. The number of hydrogen-bond donors (Lipinski definition) is 2. The zero-order valence-electron chi connectivity index (χ0n) is 16.4. The first-order chi connectivity index (χ1) is 14.5. The van der Waals surface area contributed by atoms with E-state index in [9.17, 15) is 14.4 Å². The summed E-state index contributed by atoms with van der Waals surface area (Å²) in [6, 6.07) is 15.4. The predicted octanol–water partition coefficient (Wildman–Crippen LogP) is 3.13. The number of carbonyl (C=O) groups is 2. The largest absolute Gasteiger partial charge is 0.462 e. The third-order valence-electron chi connectivity index (χ3n) is 4.04. The lowest BCUT2D eigenvalue weighted by Crippen LogP contribution is -2.23. The highest BCUT2D eigenvalue weighted by Gasteiger charge is 2.17. The predicted molar refractivity (Wildman–Crippen MR) is 114 cm³/mol. The van der Waals surface area contributed by atoms with Crippen LogP contribution in [0.25, 0.3) is 11.3 Å². The first kappa shape index (κ1) is 21.3. The molecule has 3 rings (SSSR count). The summed E-state index contributed by atoms with van der Waals surface area (Å²) in [7, 11) is 0. The van der Waals surface area contributed by atoms with Gasteiger partial charge in [-0.3, -0.25) is 14.6 Å². The Hall–Kier alpha value is -3.46. The molecular weight excluding hydrogens is 404 g/mol. The molecular formula is C21H20N4O4S. The van der Waals surface area contributed by atoms with E-state index in [0.29, 0.717) is 23.4 Å². The smallest absolute Gasteiger partial charge is 0.338 e. The van der Waals surface area contributed by atoms with Gasteiger partial charge in [-0.25, -0.2) is 4.79 Å². The Morgan fingerprint density at radius 3 is 2.43 bits per heavy atom. The van der Waals surface area contributed by atoms with E-state index in [4.69, 9.17) is 4.74 Å². The number of thioether (sulfide) groups is 1. The maximum Gasteiger partial charge on any atom is 0.338 e. The SMILES string of the molecule is CCOC(=O)c1ccc(NC(=O)C(C)Sc2nnc(-c3ccccc3)c(=O)[nH]2)cc1. The molecule has 3 aromatic rings. The number of ether oxygens (including phenoxy) is 1. The molecule has 2 aromatic carbocycles. The normalized spacial score (nSPS) is 11.5. The van der Waals surface area contributed by atoms with E-state index in [1.165, 1.54) is 0 Å². The first-order valence-electron chi connectivity index (χ1n) is 9.25. The molecule has 0 saturated heterocycles. The molecule has 0 saturated carbocycles. The molecule has 1 amide bonds. The fourth-order valence-corrected chi connectivity index (χ4v) is 3.27. The molecule has 1 unspecified atom stereocenters. The molecule has 0 spiro atoms. The molecule has 1 aromatic heterocycles. The average Bonchev–Trinajstić information content (AvgIpc) is 2.75. The van der Waals surface area contributed by atoms with Crippen molar-refractivity contribution in [3.63, 3.8) is 0 Å². The second-order valence-electron chi connectivity index (χ2n) is 6.22. The van der Waals surface area contributed by atoms with Gasteiger partial charge in [0.1, 0.15) is 0 Å². The highest BCUT2D eigenvalue weighted by atomic mass is 32.2. The highest BCUT2D eigenvalue weighted by Crippen LogP contribution is 2.20. The molecule has 8 nitrogen and oxygen atoms in total. The van der Waals surface area contributed by atoms with E-state index < -0.39 is 11.2 Å². The Morgan fingerprint density at radius 2 is 1.80 bits per heavy atom. The van der Waals surface area contributed by atoms with E-state index in [0.717, 1.165) is 11.8 Å². The summed E-state index contributed by atoms with van der Waals surface area (Å²) in [5, 5.41) is 10.5. The summed E-state index contributed by atoms with van der Waals surface area (Å²) in [5.74, 6) is -0.695. The molecule has 30 heavy (non-hydrogen) atoms. The molecule has 0 aliphatic rings. The number of carbonyl (C=O) groups excluding carboxylic acids is 2. The molecule has 1 atom stereocenters. The second kappa shape index (κ2) is 9.84. The minimum atomic E-state index is -0.540. The molecule has 1 heterocycles. The Kier molecular flexibility index (Phi) is 6.97. The lowest BCUT2D eigenvalue weighted by Gasteiger charge is -2.11. The maximum atomic E-state index is 12.4. The van der Waals surface area contributed by atoms with Crippen LogP contribution in [0.2, 0.25) is 0 Å². The van der Waals surface area contributed by atoms with Crippen LogP contribution in [0.5, 0.6) is 0 Å². The van der Waals surface area contributed by atoms with Gasteiger partial charge in [0.25, 0.3) is 5.56 Å². The van der Waals surface area contributed by atoms with Gasteiger partial charge in [0, 0.05) is 11.3 Å². The van der Waals surface area contributed by atoms with Crippen molar-refractivity contribution in [3.8, 4) is 11.3 Å². The number of aromatic nitrogens is 3. The summed E-state index contributed by atoms with van der Waals surface area (Å²) in [4.78, 5) is 39.1. The fourth-order valence-electron chi connectivity index (χ4n) is 2.53. The highest BCUT2D eigenvalue weighted by molar-refractivity contribution is 8.00. The van der Waals surface area contributed by atoms with Crippen molar-refractivity contribution in [2.75, 3.05) is 11.9 Å². The standard InChI is InChI=1S/C21H20N4O4S/c1-3-29-20(28)15-9-11-16(12-10-15)22-18(26)13(2)30-21-23-19(27)17(24-25-21)14-7-5-4-6-8-14/h4-13H,3H2,1-2H3,(H,22,26)(H,23,25,27). The lowest BCUT2D eigenvalue weighted by atomic mass is 10.2. The molecule has 0 fully saturated rings. The lowest BCUT2D eigenvalue weighted by molar-refractivity contribution is -0.115. The van der Waals surface area contributed by atoms with Crippen molar-refractivity contribution in [3.05, 3.63) is 70.5 Å². The summed E-state index contributed by atoms with van der Waals surface area (Å²) in [6.45, 7) is 3.72. The van der Waals surface area contributed by atoms with Crippen molar-refractivity contribution < 1.29 is 14.3 Å². The minimum Gasteiger partial charge on any atom is -0.462 e. The molecule has 0 aliphatic carbocycles. The number of H-pyrrole nitrogens is 1. The van der Waals surface area contributed by atoms with Crippen LogP contribution in [-0.4, -0.2) is 38.9 Å². The third-order valence-corrected chi connectivity index (χ3v) is 5.02. The fraction of sp³-hybridized carbons (Fsp3) is 0.190. The molecule has 0 radical (unpaired) electrons. The Bertz CT molecular complexity index is 1080. The van der Waals surface area contributed by atoms with E-state index in [1.54, 1.807) is 50.2 Å². The Balaban J connectivity index is 1.62. The van der Waals surface area contributed by atoms with Gasteiger partial charge >= 0.3 is 5.97 Å².